The molecule has 3 aromatic carbocycles. The van der Waals surface area contributed by atoms with Crippen LogP contribution in [0.25, 0.3) is 0 Å². The second-order valence-electron chi connectivity index (χ2n) is 14.4. The third-order valence-corrected chi connectivity index (χ3v) is 11.9. The van der Waals surface area contributed by atoms with Gasteiger partial charge < -0.3 is 38.0 Å². The number of carbonyl (C=O) groups is 1. The quantitative estimate of drug-likeness (QED) is 0.0511. The maximum absolute atomic E-state index is 13.7. The molecule has 0 radical (unpaired) electrons. The second kappa shape index (κ2) is 21.9. The lowest BCUT2D eigenvalue weighted by Crippen LogP contribution is -2.43. The van der Waals surface area contributed by atoms with Gasteiger partial charge in [-0.3, -0.25) is 9.36 Å². The highest BCUT2D eigenvalue weighted by Gasteiger charge is 2.51. The van der Waals surface area contributed by atoms with Crippen molar-refractivity contribution in [2.45, 2.75) is 89.7 Å². The van der Waals surface area contributed by atoms with Crippen LogP contribution in [0.1, 0.15) is 70.4 Å². The highest BCUT2D eigenvalue weighted by atomic mass is 31.2. The summed E-state index contributed by atoms with van der Waals surface area (Å²) in [6.07, 6.45) is -2.33. The number of benzene rings is 3. The molecule has 2 unspecified atom stereocenters. The minimum Gasteiger partial charge on any atom is -0.497 e. The number of methoxy groups -OCH3 is 2. The zero-order valence-electron chi connectivity index (χ0n) is 35.0. The summed E-state index contributed by atoms with van der Waals surface area (Å²) in [6, 6.07) is 30.7. The van der Waals surface area contributed by atoms with E-state index in [4.69, 9.17) is 32.7 Å². The van der Waals surface area contributed by atoms with Crippen LogP contribution in [-0.2, 0) is 33.7 Å². The van der Waals surface area contributed by atoms with E-state index < -0.39 is 44.4 Å². The van der Waals surface area contributed by atoms with Crippen LogP contribution in [0.2, 0.25) is 0 Å². The highest BCUT2D eigenvalue weighted by Crippen LogP contribution is 2.51. The molecule has 15 nitrogen and oxygen atoms in total. The number of hydrogen-bond acceptors (Lipinski definition) is 13. The minimum absolute atomic E-state index is 0.00242. The van der Waals surface area contributed by atoms with Gasteiger partial charge in [-0.1, -0.05) is 54.6 Å². The van der Waals surface area contributed by atoms with Gasteiger partial charge in [0.1, 0.15) is 41.2 Å². The van der Waals surface area contributed by atoms with E-state index in [2.05, 4.69) is 27.1 Å². The first kappa shape index (κ1) is 45.9. The molecule has 5 atom stereocenters. The van der Waals surface area contributed by atoms with Crippen molar-refractivity contribution >= 4 is 20.3 Å². The summed E-state index contributed by atoms with van der Waals surface area (Å²) < 4.78 is 48.4. The number of rotatable bonds is 21. The number of amides is 1. The number of hydrogen-bond donors (Lipinski definition) is 1. The molecule has 0 aliphatic carbocycles. The summed E-state index contributed by atoms with van der Waals surface area (Å²) in [5.74, 6) is 1.01. The lowest BCUT2D eigenvalue weighted by Gasteiger charge is -2.39. The predicted octanol–water partition coefficient (Wildman–Crippen LogP) is 7.09. The molecule has 1 N–H and O–H groups in total. The van der Waals surface area contributed by atoms with Gasteiger partial charge in [-0.15, -0.1) is 0 Å². The van der Waals surface area contributed by atoms with Crippen molar-refractivity contribution in [2.75, 3.05) is 39.4 Å². The number of carbonyl (C=O) groups excluding carboxylic acids is 1. The maximum Gasteiger partial charge on any atom is 0.351 e. The van der Waals surface area contributed by atoms with Crippen molar-refractivity contribution in [3.63, 3.8) is 0 Å². The average Bonchev–Trinajstić information content (AvgIpc) is 3.57. The Morgan fingerprint density at radius 2 is 1.43 bits per heavy atom. The maximum atomic E-state index is 13.7. The van der Waals surface area contributed by atoms with E-state index in [-0.39, 0.29) is 56.5 Å². The fraction of sp³-hybridized carbons (Fsp3) is 0.432. The molecule has 2 heterocycles. The lowest BCUT2D eigenvalue weighted by molar-refractivity contribution is -0.114. The average molecular weight is 841 g/mol. The zero-order valence-corrected chi connectivity index (χ0v) is 35.9. The first-order valence-corrected chi connectivity index (χ1v) is 20.8. The van der Waals surface area contributed by atoms with Crippen LogP contribution in [0.5, 0.6) is 11.5 Å². The zero-order chi connectivity index (χ0) is 43.2. The molecule has 1 fully saturated rings. The fourth-order valence-electron chi connectivity index (χ4n) is 7.15. The van der Waals surface area contributed by atoms with Crippen LogP contribution in [-0.4, -0.2) is 84.6 Å². The number of aromatic nitrogens is 2. The Bertz CT molecular complexity index is 2070. The Hall–Kier alpha value is -5.22. The third kappa shape index (κ3) is 10.9. The molecule has 60 heavy (non-hydrogen) atoms. The molecule has 0 saturated carbocycles. The van der Waals surface area contributed by atoms with Gasteiger partial charge in [0.25, 0.3) is 8.53 Å². The largest absolute Gasteiger partial charge is 0.497 e. The number of nitrogens with zero attached hydrogens (tertiary/aromatic N) is 5. The second-order valence-corrected chi connectivity index (χ2v) is 15.8. The molecule has 1 aromatic heterocycles. The van der Waals surface area contributed by atoms with Gasteiger partial charge in [-0.05, 0) is 74.7 Å². The predicted molar refractivity (Wildman–Crippen MR) is 225 cm³/mol. The van der Waals surface area contributed by atoms with E-state index in [0.717, 1.165) is 16.7 Å². The van der Waals surface area contributed by atoms with Gasteiger partial charge in [0, 0.05) is 25.2 Å². The number of anilines is 1. The number of nitrogens with one attached hydrogen (secondary N) is 1. The van der Waals surface area contributed by atoms with E-state index in [1.54, 1.807) is 14.2 Å². The molecule has 1 aliphatic heterocycles. The van der Waals surface area contributed by atoms with Crippen LogP contribution in [0, 0.1) is 22.7 Å². The molecule has 1 aliphatic rings. The molecule has 5 rings (SSSR count). The summed E-state index contributed by atoms with van der Waals surface area (Å²) in [4.78, 5) is 29.6. The van der Waals surface area contributed by atoms with E-state index in [1.807, 2.05) is 107 Å². The molecule has 0 spiro atoms. The van der Waals surface area contributed by atoms with Crippen molar-refractivity contribution in [3.05, 3.63) is 118 Å². The molecule has 318 valence electrons. The Kier molecular flexibility index (Phi) is 16.7. The van der Waals surface area contributed by atoms with Gasteiger partial charge in [0.15, 0.2) is 6.23 Å². The summed E-state index contributed by atoms with van der Waals surface area (Å²) in [6.45, 7) is 9.43. The Morgan fingerprint density at radius 3 is 1.95 bits per heavy atom. The van der Waals surface area contributed by atoms with Crippen molar-refractivity contribution in [1.29, 1.82) is 10.5 Å². The SMILES string of the molecule is COc1ccc(C(OC[C@H]2O[C@@H](n3ccc(NC(C)=O)nc3=O)[C@@H](OCCC#N)C2OP(OCCC#N)N(C(C)C)C(C)C)(c2ccccc2)c2ccc(OC)cc2)cc1. The first-order chi connectivity index (χ1) is 29.0. The van der Waals surface area contributed by atoms with Crippen molar-refractivity contribution in [1.82, 2.24) is 14.2 Å². The van der Waals surface area contributed by atoms with Crippen LogP contribution >= 0.6 is 8.53 Å². The Labute approximate surface area is 352 Å². The monoisotopic (exact) mass is 840 g/mol. The van der Waals surface area contributed by atoms with Crippen LogP contribution < -0.4 is 20.5 Å². The van der Waals surface area contributed by atoms with Gasteiger partial charge in [0.05, 0.1) is 59.0 Å². The molecular weight excluding hydrogens is 787 g/mol. The molecule has 0 bridgehead atoms. The van der Waals surface area contributed by atoms with Crippen LogP contribution in [0.15, 0.2) is 95.9 Å². The van der Waals surface area contributed by atoms with Gasteiger partial charge >= 0.3 is 5.69 Å². The van der Waals surface area contributed by atoms with Crippen LogP contribution in [0.4, 0.5) is 5.82 Å². The molecule has 16 heteroatoms. The number of ether oxygens (including phenoxy) is 5. The molecule has 4 aromatic rings. The van der Waals surface area contributed by atoms with Crippen molar-refractivity contribution in [2.24, 2.45) is 0 Å². The van der Waals surface area contributed by atoms with Gasteiger partial charge in [-0.2, -0.15) is 15.5 Å². The summed E-state index contributed by atoms with van der Waals surface area (Å²) in [7, 11) is 1.35. The summed E-state index contributed by atoms with van der Waals surface area (Å²) in [5, 5.41) is 21.5. The Balaban J connectivity index is 1.68. The van der Waals surface area contributed by atoms with Crippen LogP contribution in [0.3, 0.4) is 0 Å². The smallest absolute Gasteiger partial charge is 0.351 e. The third-order valence-electron chi connectivity index (χ3n) is 9.73. The first-order valence-electron chi connectivity index (χ1n) is 19.7. The fourth-order valence-corrected chi connectivity index (χ4v) is 8.92. The van der Waals surface area contributed by atoms with E-state index in [1.165, 1.54) is 23.8 Å². The molecule has 1 amide bonds. The van der Waals surface area contributed by atoms with E-state index in [9.17, 15) is 20.1 Å². The van der Waals surface area contributed by atoms with Gasteiger partial charge in [0.2, 0.25) is 5.91 Å². The van der Waals surface area contributed by atoms with Crippen molar-refractivity contribution < 1.29 is 37.5 Å². The standard InChI is InChI=1S/C44H53N6O9P/c1-30(2)50(31(3)4)60(57-28-12-25-46)59-40-38(58-42(41(40)55-27-11-24-45)49-26-23-39(47-32(5)51)48-43(49)52)29-56-44(33-13-9-8-10-14-33,34-15-19-36(53-6)20-16-34)35-17-21-37(54-7)22-18-35/h8-10,13-23,26,30-31,38,40-42H,11-12,27-29H2,1-7H3,(H,47,48,51,52)/t38-,40?,41+,42-,60?/m1/s1. The van der Waals surface area contributed by atoms with E-state index >= 15 is 0 Å². The summed E-state index contributed by atoms with van der Waals surface area (Å²) in [5.41, 5.74) is 0.438. The minimum atomic E-state index is -1.87. The van der Waals surface area contributed by atoms with Crippen molar-refractivity contribution in [3.8, 4) is 23.6 Å². The normalized spacial score (nSPS) is 18.3. The molecular formula is C44H53N6O9P. The highest BCUT2D eigenvalue weighted by molar-refractivity contribution is 7.44. The van der Waals surface area contributed by atoms with E-state index in [0.29, 0.717) is 11.5 Å². The summed E-state index contributed by atoms with van der Waals surface area (Å²) >= 11 is 0. The lowest BCUT2D eigenvalue weighted by atomic mass is 9.80. The van der Waals surface area contributed by atoms with Gasteiger partial charge in [-0.25, -0.2) is 9.46 Å². The Morgan fingerprint density at radius 1 is 0.867 bits per heavy atom. The number of nitriles is 2. The molecule has 1 saturated heterocycles. The topological polar surface area (TPSA) is 179 Å².